The van der Waals surface area contributed by atoms with Crippen LogP contribution in [0.2, 0.25) is 0 Å². The van der Waals surface area contributed by atoms with Crippen LogP contribution in [-0.4, -0.2) is 46.4 Å². The van der Waals surface area contributed by atoms with Gasteiger partial charge in [-0.05, 0) is 85.1 Å². The molecule has 4 aliphatic heterocycles. The van der Waals surface area contributed by atoms with Crippen molar-refractivity contribution < 1.29 is 19.1 Å². The fourth-order valence-electron chi connectivity index (χ4n) is 6.44. The topological polar surface area (TPSA) is 64.1 Å². The second kappa shape index (κ2) is 9.51. The van der Waals surface area contributed by atoms with E-state index in [-0.39, 0.29) is 17.8 Å². The van der Waals surface area contributed by atoms with Gasteiger partial charge in [-0.15, -0.1) is 0 Å². The number of carboxylic acids is 1. The molecular formula is C33H32FN3O3. The smallest absolute Gasteiger partial charge is 0.310 e. The molecule has 6 nitrogen and oxygen atoms in total. The SMILES string of the molecule is C[C@@H]1c2ccccc2CCN1C(=O)C1=CN2C=C(c3ccc(N4CC(C(=O)O)C4)cc3F)CC=C2C(C2CC2)=C1. The van der Waals surface area contributed by atoms with Crippen molar-refractivity contribution in [2.24, 2.45) is 11.8 Å². The Morgan fingerprint density at radius 3 is 2.60 bits per heavy atom. The molecule has 1 N–H and O–H groups in total. The van der Waals surface area contributed by atoms with Gasteiger partial charge in [-0.25, -0.2) is 4.39 Å². The Labute approximate surface area is 233 Å². The highest BCUT2D eigenvalue weighted by atomic mass is 19.1. The number of rotatable bonds is 5. The summed E-state index contributed by atoms with van der Waals surface area (Å²) < 4.78 is 15.4. The number of benzene rings is 2. The van der Waals surface area contributed by atoms with Gasteiger partial charge < -0.3 is 19.8 Å². The molecule has 2 aromatic carbocycles. The monoisotopic (exact) mass is 537 g/mol. The van der Waals surface area contributed by atoms with Gasteiger partial charge in [0.1, 0.15) is 5.82 Å². The van der Waals surface area contributed by atoms with Gasteiger partial charge in [0, 0.05) is 49.0 Å². The van der Waals surface area contributed by atoms with Crippen LogP contribution in [0.4, 0.5) is 10.1 Å². The number of carbonyl (C=O) groups excluding carboxylic acids is 1. The van der Waals surface area contributed by atoms with Crippen molar-refractivity contribution in [3.63, 3.8) is 0 Å². The van der Waals surface area contributed by atoms with E-state index in [1.807, 2.05) is 39.2 Å². The molecule has 5 aliphatic rings. The first kappa shape index (κ1) is 24.9. The highest BCUT2D eigenvalue weighted by molar-refractivity contribution is 5.97. The highest BCUT2D eigenvalue weighted by Crippen LogP contribution is 2.46. The van der Waals surface area contributed by atoms with Gasteiger partial charge in [-0.1, -0.05) is 30.3 Å². The molecule has 0 aromatic heterocycles. The summed E-state index contributed by atoms with van der Waals surface area (Å²) >= 11 is 0. The van der Waals surface area contributed by atoms with Crippen molar-refractivity contribution in [3.8, 4) is 0 Å². The molecule has 2 fully saturated rings. The lowest BCUT2D eigenvalue weighted by molar-refractivity contribution is -0.142. The van der Waals surface area contributed by atoms with Crippen molar-refractivity contribution >= 4 is 23.1 Å². The maximum atomic E-state index is 15.4. The van der Waals surface area contributed by atoms with Crippen LogP contribution in [-0.2, 0) is 16.0 Å². The number of allylic oxidation sites excluding steroid dienone is 3. The van der Waals surface area contributed by atoms with Gasteiger partial charge in [0.15, 0.2) is 0 Å². The largest absolute Gasteiger partial charge is 0.481 e. The van der Waals surface area contributed by atoms with E-state index < -0.39 is 11.9 Å². The van der Waals surface area contributed by atoms with E-state index in [0.29, 0.717) is 48.8 Å². The Balaban J connectivity index is 1.16. The first-order chi connectivity index (χ1) is 19.4. The zero-order valence-electron chi connectivity index (χ0n) is 22.5. The number of fused-ring (bicyclic) bond motifs is 2. The van der Waals surface area contributed by atoms with Crippen molar-refractivity contribution in [3.05, 3.63) is 106 Å². The normalized spacial score (nSPS) is 22.4. The van der Waals surface area contributed by atoms with Crippen molar-refractivity contribution in [2.45, 2.75) is 38.6 Å². The highest BCUT2D eigenvalue weighted by Gasteiger charge is 2.37. The van der Waals surface area contributed by atoms with E-state index in [1.54, 1.807) is 6.07 Å². The van der Waals surface area contributed by atoms with Gasteiger partial charge in [-0.2, -0.15) is 0 Å². The molecule has 0 unspecified atom stereocenters. The second-order valence-electron chi connectivity index (χ2n) is 11.5. The molecule has 1 saturated heterocycles. The third-order valence-corrected chi connectivity index (χ3v) is 8.99. The van der Waals surface area contributed by atoms with Gasteiger partial charge in [0.05, 0.1) is 17.5 Å². The lowest BCUT2D eigenvalue weighted by Gasteiger charge is -2.38. The molecule has 0 radical (unpaired) electrons. The van der Waals surface area contributed by atoms with Crippen LogP contribution in [0.15, 0.2) is 83.9 Å². The fraction of sp³-hybridized carbons (Fsp3) is 0.333. The molecule has 4 heterocycles. The number of carboxylic acid groups (broad SMARTS) is 1. The number of hydrogen-bond donors (Lipinski definition) is 1. The van der Waals surface area contributed by atoms with Crippen LogP contribution in [0, 0.1) is 17.7 Å². The minimum absolute atomic E-state index is 0.00492. The van der Waals surface area contributed by atoms with Crippen LogP contribution in [0.5, 0.6) is 0 Å². The summed E-state index contributed by atoms with van der Waals surface area (Å²) in [5.41, 5.74) is 7.56. The van der Waals surface area contributed by atoms with Gasteiger partial charge >= 0.3 is 5.97 Å². The predicted octanol–water partition coefficient (Wildman–Crippen LogP) is 5.66. The fourth-order valence-corrected chi connectivity index (χ4v) is 6.44. The maximum Gasteiger partial charge on any atom is 0.310 e. The van der Waals surface area contributed by atoms with Crippen molar-refractivity contribution in [1.82, 2.24) is 9.80 Å². The van der Waals surface area contributed by atoms with Crippen LogP contribution in [0.25, 0.3) is 5.57 Å². The summed E-state index contributed by atoms with van der Waals surface area (Å²) in [5.74, 6) is -1.04. The molecule has 1 aliphatic carbocycles. The van der Waals surface area contributed by atoms with Gasteiger partial charge in [0.2, 0.25) is 0 Å². The number of halogens is 1. The lowest BCUT2D eigenvalue weighted by Crippen LogP contribution is -2.50. The quantitative estimate of drug-likeness (QED) is 0.534. The second-order valence-corrected chi connectivity index (χ2v) is 11.5. The first-order valence-electron chi connectivity index (χ1n) is 14.2. The van der Waals surface area contributed by atoms with Crippen LogP contribution < -0.4 is 4.90 Å². The molecular weight excluding hydrogens is 505 g/mol. The maximum absolute atomic E-state index is 15.4. The summed E-state index contributed by atoms with van der Waals surface area (Å²) in [7, 11) is 0. The third-order valence-electron chi connectivity index (χ3n) is 8.99. The average molecular weight is 538 g/mol. The van der Waals surface area contributed by atoms with Gasteiger partial charge in [-0.3, -0.25) is 9.59 Å². The molecule has 0 spiro atoms. The first-order valence-corrected chi connectivity index (χ1v) is 14.2. The Morgan fingerprint density at radius 2 is 1.85 bits per heavy atom. The molecule has 1 amide bonds. The zero-order chi connectivity index (χ0) is 27.5. The molecule has 204 valence electrons. The Kier molecular flexibility index (Phi) is 5.91. The van der Waals surface area contributed by atoms with E-state index in [2.05, 4.69) is 37.3 Å². The summed E-state index contributed by atoms with van der Waals surface area (Å²) in [6, 6.07) is 13.5. The van der Waals surface area contributed by atoms with Crippen LogP contribution >= 0.6 is 0 Å². The Bertz CT molecular complexity index is 1540. The summed E-state index contributed by atoms with van der Waals surface area (Å²) in [5, 5.41) is 9.15. The third kappa shape index (κ3) is 4.24. The van der Waals surface area contributed by atoms with E-state index in [1.165, 1.54) is 22.8 Å². The minimum atomic E-state index is -0.810. The van der Waals surface area contributed by atoms with Gasteiger partial charge in [0.25, 0.3) is 5.91 Å². The minimum Gasteiger partial charge on any atom is -0.481 e. The van der Waals surface area contributed by atoms with Crippen molar-refractivity contribution in [1.29, 1.82) is 0 Å². The van der Waals surface area contributed by atoms with Crippen molar-refractivity contribution in [2.75, 3.05) is 24.5 Å². The molecule has 0 bridgehead atoms. The molecule has 1 saturated carbocycles. The molecule has 7 heteroatoms. The Morgan fingerprint density at radius 1 is 1.05 bits per heavy atom. The Hall–Kier alpha value is -4.13. The predicted molar refractivity (Wildman–Crippen MR) is 151 cm³/mol. The molecule has 7 rings (SSSR count). The number of aliphatic carboxylic acids is 1. The molecule has 40 heavy (non-hydrogen) atoms. The molecule has 2 aromatic rings. The summed E-state index contributed by atoms with van der Waals surface area (Å²) in [4.78, 5) is 30.9. The number of amides is 1. The number of hydrogen-bond acceptors (Lipinski definition) is 4. The number of carbonyl (C=O) groups is 2. The van der Waals surface area contributed by atoms with E-state index in [9.17, 15) is 9.59 Å². The summed E-state index contributed by atoms with van der Waals surface area (Å²) in [6.07, 6.45) is 11.8. The molecule has 1 atom stereocenters. The summed E-state index contributed by atoms with van der Waals surface area (Å²) in [6.45, 7) is 3.58. The number of nitrogens with zero attached hydrogens (tertiary/aromatic N) is 3. The van der Waals surface area contributed by atoms with Crippen LogP contribution in [0.1, 0.15) is 48.9 Å². The van der Waals surface area contributed by atoms with E-state index in [0.717, 1.165) is 30.5 Å². The van der Waals surface area contributed by atoms with E-state index in [4.69, 9.17) is 5.11 Å². The average Bonchev–Trinajstić information content (AvgIpc) is 3.77. The van der Waals surface area contributed by atoms with Crippen LogP contribution in [0.3, 0.4) is 0 Å². The lowest BCUT2D eigenvalue weighted by atomic mass is 9.91. The standard InChI is InChI=1S/C33H32FN3O3/c1-20-27-5-3-2-4-21(27)12-13-37(20)32(38)24-14-29(22-6-7-22)31-11-8-23(16-36(31)17-24)28-10-9-26(15-30(28)34)35-18-25(19-35)33(39)40/h2-5,9-11,14-17,20,22,25H,6-8,12-13,18-19H2,1H3,(H,39,40)/t20-/m1/s1. The van der Waals surface area contributed by atoms with E-state index >= 15 is 4.39 Å². The number of anilines is 1. The zero-order valence-corrected chi connectivity index (χ0v) is 22.5.